The molecule has 2 atom stereocenters. The maximum absolute atomic E-state index is 12.4. The van der Waals surface area contributed by atoms with Gasteiger partial charge in [-0.1, -0.05) is 24.5 Å². The number of nitrogens with one attached hydrogen (secondary N) is 3. The minimum absolute atomic E-state index is 0. The van der Waals surface area contributed by atoms with E-state index in [1.54, 1.807) is 0 Å². The largest absolute Gasteiger partial charge is 0.396 e. The first kappa shape index (κ1) is 27.5. The molecule has 1 heterocycles. The molecule has 32 heavy (non-hydrogen) atoms. The fourth-order valence-electron chi connectivity index (χ4n) is 3.67. The quantitative estimate of drug-likeness (QED) is 0.225. The van der Waals surface area contributed by atoms with Crippen LogP contribution in [0.25, 0.3) is 10.9 Å². The van der Waals surface area contributed by atoms with Gasteiger partial charge in [-0.3, -0.25) is 4.79 Å². The van der Waals surface area contributed by atoms with E-state index in [1.165, 1.54) is 7.11 Å². The van der Waals surface area contributed by atoms with Gasteiger partial charge in [-0.2, -0.15) is 0 Å². The number of nitrogens with zero attached hydrogens (tertiary/aromatic N) is 3. The third-order valence-electron chi connectivity index (χ3n) is 5.06. The molecule has 10 nitrogen and oxygen atoms in total. The number of carbonyl (C=O) groups excluding carboxylic acids is 1. The summed E-state index contributed by atoms with van der Waals surface area (Å²) in [5.74, 6) is 0.454. The summed E-state index contributed by atoms with van der Waals surface area (Å²) in [6.07, 6.45) is 3.99. The number of aryl methyl sites for hydroxylation is 1. The lowest BCUT2D eigenvalue weighted by Gasteiger charge is -2.33. The Bertz CT molecular complexity index is 929. The molecule has 178 valence electrons. The fraction of sp³-hybridized carbons (Fsp3) is 0.500. The van der Waals surface area contributed by atoms with Crippen molar-refractivity contribution in [3.8, 4) is 0 Å². The van der Waals surface area contributed by atoms with Crippen LogP contribution in [0.2, 0.25) is 0 Å². The summed E-state index contributed by atoms with van der Waals surface area (Å²) in [5, 5.41) is 22.9. The Kier molecular flexibility index (Phi) is 11.2. The van der Waals surface area contributed by atoms with Gasteiger partial charge in [0.2, 0.25) is 11.8 Å². The number of aliphatic hydroxyl groups is 1. The van der Waals surface area contributed by atoms with Crippen LogP contribution in [0.1, 0.15) is 41.9 Å². The van der Waals surface area contributed by atoms with Crippen molar-refractivity contribution in [2.24, 2.45) is 10.9 Å². The molecule has 1 aliphatic rings. The molecule has 1 amide bonds. The Hall–Kier alpha value is -2.56. The van der Waals surface area contributed by atoms with Gasteiger partial charge in [0.15, 0.2) is 0 Å². The number of carbonyl (C=O) groups is 1. The first-order valence-electron chi connectivity index (χ1n) is 10.1. The highest BCUT2D eigenvalue weighted by Crippen LogP contribution is 2.27. The number of hydrogen-bond donors (Lipinski definition) is 5. The highest BCUT2D eigenvalue weighted by atomic mass is 35.5. The maximum Gasteiger partial charge on any atom is 0.289 e. The second-order valence-electron chi connectivity index (χ2n) is 7.34. The van der Waals surface area contributed by atoms with Crippen LogP contribution in [0, 0.1) is 6.92 Å². The summed E-state index contributed by atoms with van der Waals surface area (Å²) in [6, 6.07) is 5.90. The van der Waals surface area contributed by atoms with E-state index < -0.39 is 5.91 Å². The molecule has 0 aliphatic heterocycles. The first-order valence-corrected chi connectivity index (χ1v) is 10.1. The second kappa shape index (κ2) is 13.1. The van der Waals surface area contributed by atoms with Crippen molar-refractivity contribution < 1.29 is 14.7 Å². The van der Waals surface area contributed by atoms with Crippen LogP contribution >= 0.6 is 24.8 Å². The molecular formula is C20H31Cl2N7O3. The molecule has 1 fully saturated rings. The predicted molar refractivity (Wildman–Crippen MR) is 130 cm³/mol. The lowest BCUT2D eigenvalue weighted by Crippen LogP contribution is -2.51. The SMILES string of the molecule is CO/N=C(/N)N[C@@H]1CCCC[C@@H]1Nc1nc(C(=O)NCCO)nc2ccc(C)cc12.Cl.Cl. The van der Waals surface area contributed by atoms with E-state index in [-0.39, 0.29) is 61.8 Å². The lowest BCUT2D eigenvalue weighted by atomic mass is 9.90. The van der Waals surface area contributed by atoms with Gasteiger partial charge < -0.3 is 31.6 Å². The molecule has 0 saturated heterocycles. The number of benzene rings is 1. The zero-order chi connectivity index (χ0) is 21.5. The molecule has 1 saturated carbocycles. The zero-order valence-corrected chi connectivity index (χ0v) is 19.8. The minimum Gasteiger partial charge on any atom is -0.396 e. The number of hydrogen-bond acceptors (Lipinski definition) is 7. The minimum atomic E-state index is -0.427. The van der Waals surface area contributed by atoms with Gasteiger partial charge in [0.25, 0.3) is 5.91 Å². The number of oxime groups is 1. The molecule has 1 aromatic carbocycles. The number of aliphatic hydroxyl groups excluding tert-OH is 1. The average Bonchev–Trinajstić information content (AvgIpc) is 2.73. The highest BCUT2D eigenvalue weighted by Gasteiger charge is 2.27. The van der Waals surface area contributed by atoms with Crippen molar-refractivity contribution in [3.05, 3.63) is 29.6 Å². The van der Waals surface area contributed by atoms with Gasteiger partial charge in [-0.15, -0.1) is 24.8 Å². The van der Waals surface area contributed by atoms with E-state index in [2.05, 4.69) is 31.1 Å². The van der Waals surface area contributed by atoms with Crippen molar-refractivity contribution in [2.45, 2.75) is 44.7 Å². The summed E-state index contributed by atoms with van der Waals surface area (Å²) in [4.78, 5) is 26.1. The predicted octanol–water partition coefficient (Wildman–Crippen LogP) is 1.69. The number of halogens is 2. The number of anilines is 1. The Morgan fingerprint density at radius 1 is 1.25 bits per heavy atom. The summed E-state index contributed by atoms with van der Waals surface area (Å²) >= 11 is 0. The standard InChI is InChI=1S/C20H29N7O3.2ClH/c1-12-7-8-14-13(11-12)17(26-18(23-14)19(29)22-9-10-28)24-15-5-3-4-6-16(15)25-20(21)27-30-2;;/h7-8,11,15-16,28H,3-6,9-10H2,1-2H3,(H,22,29)(H3,21,25,27)(H,23,24,26);2*1H/t15-,16+;;/m0../s1. The smallest absolute Gasteiger partial charge is 0.289 e. The Labute approximate surface area is 199 Å². The van der Waals surface area contributed by atoms with E-state index in [9.17, 15) is 4.79 Å². The van der Waals surface area contributed by atoms with Gasteiger partial charge in [0.05, 0.1) is 12.1 Å². The lowest BCUT2D eigenvalue weighted by molar-refractivity contribution is 0.0935. The van der Waals surface area contributed by atoms with Crippen LogP contribution in [-0.2, 0) is 4.84 Å². The van der Waals surface area contributed by atoms with Gasteiger partial charge in [-0.05, 0) is 37.1 Å². The van der Waals surface area contributed by atoms with Crippen LogP contribution in [0.3, 0.4) is 0 Å². The van der Waals surface area contributed by atoms with E-state index >= 15 is 0 Å². The Morgan fingerprint density at radius 2 is 1.97 bits per heavy atom. The molecule has 0 unspecified atom stereocenters. The Morgan fingerprint density at radius 3 is 2.66 bits per heavy atom. The van der Waals surface area contributed by atoms with E-state index in [4.69, 9.17) is 15.7 Å². The number of rotatable bonds is 7. The van der Waals surface area contributed by atoms with Crippen molar-refractivity contribution in [1.82, 2.24) is 20.6 Å². The van der Waals surface area contributed by atoms with Crippen molar-refractivity contribution >= 4 is 53.4 Å². The zero-order valence-electron chi connectivity index (χ0n) is 18.1. The highest BCUT2D eigenvalue weighted by molar-refractivity contribution is 5.96. The normalized spacial score (nSPS) is 18.2. The molecule has 0 bridgehead atoms. The second-order valence-corrected chi connectivity index (χ2v) is 7.34. The molecule has 0 spiro atoms. The van der Waals surface area contributed by atoms with Crippen molar-refractivity contribution in [1.29, 1.82) is 0 Å². The molecule has 1 aliphatic carbocycles. The molecule has 0 radical (unpaired) electrons. The number of guanidine groups is 1. The third kappa shape index (κ3) is 6.98. The molecule has 3 rings (SSSR count). The Balaban J connectivity index is 0.00000256. The fourth-order valence-corrected chi connectivity index (χ4v) is 3.67. The van der Waals surface area contributed by atoms with Crippen LogP contribution < -0.4 is 21.7 Å². The molecule has 1 aromatic heterocycles. The van der Waals surface area contributed by atoms with Crippen LogP contribution in [-0.4, -0.2) is 59.3 Å². The topological polar surface area (TPSA) is 147 Å². The first-order chi connectivity index (χ1) is 14.5. The average molecular weight is 488 g/mol. The van der Waals surface area contributed by atoms with Gasteiger partial charge in [0, 0.05) is 24.0 Å². The summed E-state index contributed by atoms with van der Waals surface area (Å²) < 4.78 is 0. The summed E-state index contributed by atoms with van der Waals surface area (Å²) in [7, 11) is 1.45. The summed E-state index contributed by atoms with van der Waals surface area (Å²) in [6.45, 7) is 1.99. The monoisotopic (exact) mass is 487 g/mol. The van der Waals surface area contributed by atoms with E-state index in [0.29, 0.717) is 11.3 Å². The van der Waals surface area contributed by atoms with Crippen LogP contribution in [0.4, 0.5) is 5.82 Å². The van der Waals surface area contributed by atoms with Gasteiger partial charge >= 0.3 is 0 Å². The number of amides is 1. The molecular weight excluding hydrogens is 457 g/mol. The van der Waals surface area contributed by atoms with Crippen LogP contribution in [0.15, 0.2) is 23.4 Å². The van der Waals surface area contributed by atoms with Gasteiger partial charge in [0.1, 0.15) is 12.9 Å². The summed E-state index contributed by atoms with van der Waals surface area (Å²) in [5.41, 5.74) is 7.62. The molecule has 12 heteroatoms. The molecule has 2 aromatic rings. The number of fused-ring (bicyclic) bond motifs is 1. The van der Waals surface area contributed by atoms with Crippen LogP contribution in [0.5, 0.6) is 0 Å². The number of aromatic nitrogens is 2. The van der Waals surface area contributed by atoms with Crippen molar-refractivity contribution in [3.63, 3.8) is 0 Å². The van der Waals surface area contributed by atoms with Gasteiger partial charge in [-0.25, -0.2) is 9.97 Å². The van der Waals surface area contributed by atoms with Crippen molar-refractivity contribution in [2.75, 3.05) is 25.6 Å². The third-order valence-corrected chi connectivity index (χ3v) is 5.06. The maximum atomic E-state index is 12.4. The van der Waals surface area contributed by atoms with E-state index in [1.807, 2.05) is 25.1 Å². The van der Waals surface area contributed by atoms with E-state index in [0.717, 1.165) is 36.6 Å². The molecule has 6 N–H and O–H groups in total. The number of nitrogens with two attached hydrogens (primary N) is 1.